The predicted octanol–water partition coefficient (Wildman–Crippen LogP) is 1.40. The number of benzene rings is 1. The molecule has 8 nitrogen and oxygen atoms in total. The van der Waals surface area contributed by atoms with Crippen LogP contribution >= 0.6 is 0 Å². The smallest absolute Gasteiger partial charge is 0.359 e. The monoisotopic (exact) mass is 340 g/mol. The summed E-state index contributed by atoms with van der Waals surface area (Å²) in [6.45, 7) is 1.31. The molecule has 0 bridgehead atoms. The number of carbonyl (C=O) groups is 3. The second kappa shape index (κ2) is 7.08. The number of carbonyl (C=O) groups excluding carboxylic acids is 3. The van der Waals surface area contributed by atoms with Crippen molar-refractivity contribution in [1.82, 2.24) is 9.97 Å². The predicted molar refractivity (Wildman–Crippen MR) is 89.0 cm³/mol. The summed E-state index contributed by atoms with van der Waals surface area (Å²) in [7, 11) is 0. The quantitative estimate of drug-likeness (QED) is 0.848. The van der Waals surface area contributed by atoms with Gasteiger partial charge in [-0.05, 0) is 19.1 Å². The van der Waals surface area contributed by atoms with Gasteiger partial charge in [0.25, 0.3) is 5.91 Å². The minimum atomic E-state index is -0.730. The van der Waals surface area contributed by atoms with Crippen LogP contribution in [0.5, 0.6) is 0 Å². The normalized spacial score (nSPS) is 16.4. The van der Waals surface area contributed by atoms with Gasteiger partial charge in [-0.1, -0.05) is 12.1 Å². The Morgan fingerprint density at radius 3 is 2.88 bits per heavy atom. The van der Waals surface area contributed by atoms with Gasteiger partial charge in [-0.3, -0.25) is 14.6 Å². The van der Waals surface area contributed by atoms with Gasteiger partial charge in [-0.15, -0.1) is 0 Å². The minimum absolute atomic E-state index is 0.0245. The van der Waals surface area contributed by atoms with Crippen LogP contribution in [0, 0.1) is 0 Å². The Kier molecular flexibility index (Phi) is 4.69. The molecule has 8 heteroatoms. The van der Waals surface area contributed by atoms with Gasteiger partial charge in [0.1, 0.15) is 0 Å². The van der Waals surface area contributed by atoms with Crippen LogP contribution in [0.4, 0.5) is 11.4 Å². The molecule has 1 aliphatic rings. The summed E-state index contributed by atoms with van der Waals surface area (Å²) in [5, 5.41) is 2.77. The van der Waals surface area contributed by atoms with E-state index in [1.165, 1.54) is 23.5 Å². The van der Waals surface area contributed by atoms with E-state index in [0.717, 1.165) is 0 Å². The highest BCUT2D eigenvalue weighted by Crippen LogP contribution is 2.31. The van der Waals surface area contributed by atoms with Crippen LogP contribution in [0.25, 0.3) is 0 Å². The zero-order valence-corrected chi connectivity index (χ0v) is 13.5. The third kappa shape index (κ3) is 3.63. The first kappa shape index (κ1) is 16.6. The largest absolute Gasteiger partial charge is 0.451 e. The van der Waals surface area contributed by atoms with Gasteiger partial charge in [0.05, 0.1) is 17.6 Å². The van der Waals surface area contributed by atoms with Crippen molar-refractivity contribution in [2.24, 2.45) is 0 Å². The average molecular weight is 340 g/mol. The fraction of sp³-hybridized carbons (Fsp3) is 0.235. The molecule has 1 N–H and O–H groups in total. The van der Waals surface area contributed by atoms with E-state index < -0.39 is 18.5 Å². The number of anilines is 2. The van der Waals surface area contributed by atoms with Gasteiger partial charge in [0.15, 0.2) is 12.3 Å². The molecule has 2 aromatic rings. The Morgan fingerprint density at radius 1 is 1.32 bits per heavy atom. The van der Waals surface area contributed by atoms with E-state index >= 15 is 0 Å². The fourth-order valence-electron chi connectivity index (χ4n) is 2.64. The summed E-state index contributed by atoms with van der Waals surface area (Å²) in [5.74, 6) is -1.33. The van der Waals surface area contributed by atoms with Crippen LogP contribution < -0.4 is 10.2 Å². The molecule has 1 aromatic heterocycles. The number of nitrogens with zero attached hydrogens (tertiary/aromatic N) is 3. The van der Waals surface area contributed by atoms with Crippen LogP contribution in [-0.2, 0) is 14.3 Å². The van der Waals surface area contributed by atoms with E-state index in [-0.39, 0.29) is 24.1 Å². The molecule has 0 saturated carbocycles. The summed E-state index contributed by atoms with van der Waals surface area (Å²) in [6, 6.07) is 6.63. The Balaban J connectivity index is 1.76. The van der Waals surface area contributed by atoms with Crippen molar-refractivity contribution in [3.63, 3.8) is 0 Å². The molecule has 1 aliphatic heterocycles. The molecule has 3 rings (SSSR count). The van der Waals surface area contributed by atoms with Crippen LogP contribution in [0.1, 0.15) is 23.8 Å². The van der Waals surface area contributed by atoms with Gasteiger partial charge < -0.3 is 15.0 Å². The highest BCUT2D eigenvalue weighted by atomic mass is 16.5. The Bertz CT molecular complexity index is 809. The van der Waals surface area contributed by atoms with Crippen LogP contribution in [-0.4, -0.2) is 40.4 Å². The van der Waals surface area contributed by atoms with E-state index in [1.807, 2.05) is 0 Å². The van der Waals surface area contributed by atoms with Crippen molar-refractivity contribution in [2.75, 3.05) is 16.8 Å². The van der Waals surface area contributed by atoms with Gasteiger partial charge in [-0.2, -0.15) is 0 Å². The molecule has 1 aromatic carbocycles. The lowest BCUT2D eigenvalue weighted by atomic mass is 10.1. The summed E-state index contributed by atoms with van der Waals surface area (Å²) in [4.78, 5) is 45.6. The molecule has 0 unspecified atom stereocenters. The molecular formula is C17H16N4O4. The molecule has 2 heterocycles. The maximum absolute atomic E-state index is 12.6. The minimum Gasteiger partial charge on any atom is -0.451 e. The molecule has 2 amide bonds. The van der Waals surface area contributed by atoms with Crippen LogP contribution in [0.2, 0.25) is 0 Å². The number of aromatic nitrogens is 2. The van der Waals surface area contributed by atoms with E-state index in [2.05, 4.69) is 15.3 Å². The first-order chi connectivity index (χ1) is 12.1. The lowest BCUT2D eigenvalue weighted by Crippen LogP contribution is -2.41. The number of hydrogen-bond donors (Lipinski definition) is 1. The van der Waals surface area contributed by atoms with Gasteiger partial charge in [0, 0.05) is 24.9 Å². The molecule has 128 valence electrons. The fourth-order valence-corrected chi connectivity index (χ4v) is 2.64. The second-order valence-electron chi connectivity index (χ2n) is 5.55. The Hall–Kier alpha value is -3.29. The molecule has 0 aliphatic carbocycles. The maximum atomic E-state index is 12.6. The Labute approximate surface area is 143 Å². The molecule has 0 fully saturated rings. The van der Waals surface area contributed by atoms with Crippen molar-refractivity contribution in [1.29, 1.82) is 0 Å². The van der Waals surface area contributed by atoms with Crippen molar-refractivity contribution in [3.05, 3.63) is 48.5 Å². The van der Waals surface area contributed by atoms with E-state index in [9.17, 15) is 14.4 Å². The van der Waals surface area contributed by atoms with Crippen molar-refractivity contribution < 1.29 is 19.1 Å². The number of esters is 1. The van der Waals surface area contributed by atoms with Crippen molar-refractivity contribution >= 4 is 29.2 Å². The van der Waals surface area contributed by atoms with Crippen molar-refractivity contribution in [2.45, 2.75) is 19.4 Å². The van der Waals surface area contributed by atoms with Crippen molar-refractivity contribution in [3.8, 4) is 0 Å². The lowest BCUT2D eigenvalue weighted by Gasteiger charge is -2.27. The summed E-state index contributed by atoms with van der Waals surface area (Å²) >= 11 is 0. The highest BCUT2D eigenvalue weighted by molar-refractivity contribution is 6.05. The molecule has 0 spiro atoms. The van der Waals surface area contributed by atoms with Crippen LogP contribution in [0.15, 0.2) is 42.9 Å². The van der Waals surface area contributed by atoms with Gasteiger partial charge in [-0.25, -0.2) is 9.78 Å². The third-order valence-electron chi connectivity index (χ3n) is 3.73. The number of ether oxygens (including phenoxy) is 1. The zero-order chi connectivity index (χ0) is 17.8. The Morgan fingerprint density at radius 2 is 2.12 bits per heavy atom. The van der Waals surface area contributed by atoms with Gasteiger partial charge >= 0.3 is 5.97 Å². The molecule has 25 heavy (non-hydrogen) atoms. The third-order valence-corrected chi connectivity index (χ3v) is 3.73. The number of fused-ring (bicyclic) bond motifs is 1. The SMILES string of the molecule is C[C@@H]1CC(=O)Nc2ccccc2N1C(=O)COC(=O)c1cnccn1. The van der Waals surface area contributed by atoms with Gasteiger partial charge in [0.2, 0.25) is 5.91 Å². The number of hydrogen-bond acceptors (Lipinski definition) is 6. The highest BCUT2D eigenvalue weighted by Gasteiger charge is 2.30. The number of amides is 2. The lowest BCUT2D eigenvalue weighted by molar-refractivity contribution is -0.122. The molecule has 0 saturated heterocycles. The molecule has 0 radical (unpaired) electrons. The summed E-state index contributed by atoms with van der Waals surface area (Å²) < 4.78 is 5.04. The summed E-state index contributed by atoms with van der Waals surface area (Å²) in [6.07, 6.45) is 4.21. The van der Waals surface area contributed by atoms with Crippen LogP contribution in [0.3, 0.4) is 0 Å². The average Bonchev–Trinajstić information content (AvgIpc) is 2.74. The van der Waals surface area contributed by atoms with E-state index in [0.29, 0.717) is 11.4 Å². The molecule has 1 atom stereocenters. The second-order valence-corrected chi connectivity index (χ2v) is 5.55. The van der Waals surface area contributed by atoms with E-state index in [1.54, 1.807) is 31.2 Å². The zero-order valence-electron chi connectivity index (χ0n) is 13.5. The maximum Gasteiger partial charge on any atom is 0.359 e. The number of nitrogens with one attached hydrogen (secondary N) is 1. The first-order valence-corrected chi connectivity index (χ1v) is 7.70. The topological polar surface area (TPSA) is 101 Å². The standard InChI is InChI=1S/C17H16N4O4/c1-11-8-15(22)20-12-4-2-3-5-14(12)21(11)16(23)10-25-17(24)13-9-18-6-7-19-13/h2-7,9,11H,8,10H2,1H3,(H,20,22)/t11-/m1/s1. The first-order valence-electron chi connectivity index (χ1n) is 7.70. The summed E-state index contributed by atoms with van der Waals surface area (Å²) in [5.41, 5.74) is 1.14. The van der Waals surface area contributed by atoms with E-state index in [4.69, 9.17) is 4.74 Å². The number of rotatable bonds is 3. The number of para-hydroxylation sites is 2. The molecular weight excluding hydrogens is 324 g/mol.